The van der Waals surface area contributed by atoms with Gasteiger partial charge in [0.2, 0.25) is 0 Å². The fourth-order valence-corrected chi connectivity index (χ4v) is 3.68. The van der Waals surface area contributed by atoms with E-state index in [4.69, 9.17) is 4.98 Å². The highest BCUT2D eigenvalue weighted by atomic mass is 15.1. The molecule has 0 unspecified atom stereocenters. The lowest BCUT2D eigenvalue weighted by molar-refractivity contribution is 0.201. The molecule has 0 aliphatic carbocycles. The van der Waals surface area contributed by atoms with Gasteiger partial charge in [-0.25, -0.2) is 4.98 Å². The molecule has 0 saturated carbocycles. The summed E-state index contributed by atoms with van der Waals surface area (Å²) in [7, 11) is 0. The molecule has 4 heteroatoms. The van der Waals surface area contributed by atoms with Gasteiger partial charge < -0.3 is 0 Å². The molecular weight excluding hydrogens is 320 g/mol. The second kappa shape index (κ2) is 7.75. The summed E-state index contributed by atoms with van der Waals surface area (Å²) < 4.78 is 0. The Morgan fingerprint density at radius 3 is 2.58 bits per heavy atom. The lowest BCUT2D eigenvalue weighted by atomic mass is 9.93. The monoisotopic (exact) mass is 344 g/mol. The molecule has 0 bridgehead atoms. The second-order valence-electron chi connectivity index (χ2n) is 7.02. The van der Waals surface area contributed by atoms with Crippen molar-refractivity contribution in [3.05, 3.63) is 78.0 Å². The molecule has 0 amide bonds. The Labute approximate surface area is 155 Å². The van der Waals surface area contributed by atoms with E-state index >= 15 is 0 Å². The Kier molecular flexibility index (Phi) is 5.02. The highest BCUT2D eigenvalue weighted by molar-refractivity contribution is 5.62. The van der Waals surface area contributed by atoms with Gasteiger partial charge in [0.05, 0.1) is 23.3 Å². The number of likely N-dealkylation sites (tertiary alicyclic amines) is 1. The minimum Gasteiger partial charge on any atom is -0.297 e. The summed E-state index contributed by atoms with van der Waals surface area (Å²) in [5.41, 5.74) is 5.67. The van der Waals surface area contributed by atoms with Gasteiger partial charge >= 0.3 is 0 Å². The van der Waals surface area contributed by atoms with E-state index in [9.17, 15) is 0 Å². The van der Waals surface area contributed by atoms with Crippen LogP contribution in [0.5, 0.6) is 0 Å². The smallest absolute Gasteiger partial charge is 0.0891 e. The van der Waals surface area contributed by atoms with Crippen molar-refractivity contribution in [3.8, 4) is 11.3 Å². The van der Waals surface area contributed by atoms with E-state index in [0.717, 1.165) is 49.6 Å². The third-order valence-corrected chi connectivity index (χ3v) is 5.19. The number of pyridine rings is 1. The average Bonchev–Trinajstić information content (AvgIpc) is 2.70. The molecule has 0 radical (unpaired) electrons. The molecule has 0 spiro atoms. The fraction of sp³-hybridized carbons (Fsp3) is 0.318. The summed E-state index contributed by atoms with van der Waals surface area (Å²) in [6, 6.07) is 14.5. The van der Waals surface area contributed by atoms with Crippen LogP contribution in [0.4, 0.5) is 0 Å². The van der Waals surface area contributed by atoms with Crippen LogP contribution < -0.4 is 0 Å². The molecule has 1 aromatic carbocycles. The zero-order valence-corrected chi connectivity index (χ0v) is 15.2. The fourth-order valence-electron chi connectivity index (χ4n) is 3.68. The van der Waals surface area contributed by atoms with Crippen LogP contribution in [0.25, 0.3) is 11.3 Å². The summed E-state index contributed by atoms with van der Waals surface area (Å²) in [5, 5.41) is 0. The topological polar surface area (TPSA) is 41.9 Å². The van der Waals surface area contributed by atoms with Crippen molar-refractivity contribution in [2.24, 2.45) is 0 Å². The average molecular weight is 344 g/mol. The first-order valence-corrected chi connectivity index (χ1v) is 9.30. The van der Waals surface area contributed by atoms with Crippen LogP contribution >= 0.6 is 0 Å². The lowest BCUT2D eigenvalue weighted by Crippen LogP contribution is -2.33. The molecule has 1 aliphatic rings. The second-order valence-corrected chi connectivity index (χ2v) is 7.02. The lowest BCUT2D eigenvalue weighted by Gasteiger charge is -2.31. The van der Waals surface area contributed by atoms with E-state index in [1.807, 2.05) is 24.7 Å². The Morgan fingerprint density at radius 2 is 1.81 bits per heavy atom. The first kappa shape index (κ1) is 16.9. The molecule has 0 atom stereocenters. The highest BCUT2D eigenvalue weighted by Crippen LogP contribution is 2.29. The van der Waals surface area contributed by atoms with Crippen molar-refractivity contribution in [3.63, 3.8) is 0 Å². The summed E-state index contributed by atoms with van der Waals surface area (Å²) in [5.74, 6) is 0.492. The molecule has 3 heterocycles. The maximum Gasteiger partial charge on any atom is 0.0891 e. The summed E-state index contributed by atoms with van der Waals surface area (Å²) >= 11 is 0. The maximum absolute atomic E-state index is 4.94. The van der Waals surface area contributed by atoms with Crippen LogP contribution in [0.2, 0.25) is 0 Å². The van der Waals surface area contributed by atoms with Gasteiger partial charge in [-0.2, -0.15) is 0 Å². The van der Waals surface area contributed by atoms with Gasteiger partial charge in [0.1, 0.15) is 0 Å². The van der Waals surface area contributed by atoms with Crippen molar-refractivity contribution in [2.45, 2.75) is 32.2 Å². The number of hydrogen-bond acceptors (Lipinski definition) is 4. The molecule has 4 rings (SSSR count). The van der Waals surface area contributed by atoms with Crippen LogP contribution in [0.3, 0.4) is 0 Å². The quantitative estimate of drug-likeness (QED) is 0.710. The Morgan fingerprint density at radius 1 is 1.00 bits per heavy atom. The zero-order valence-electron chi connectivity index (χ0n) is 15.2. The predicted molar refractivity (Wildman–Crippen MR) is 104 cm³/mol. The van der Waals surface area contributed by atoms with Gasteiger partial charge in [0, 0.05) is 30.4 Å². The molecule has 0 N–H and O–H groups in total. The highest BCUT2D eigenvalue weighted by Gasteiger charge is 2.22. The van der Waals surface area contributed by atoms with Crippen LogP contribution in [0.15, 0.2) is 61.1 Å². The van der Waals surface area contributed by atoms with Gasteiger partial charge in [-0.15, -0.1) is 0 Å². The number of rotatable bonds is 4. The number of aryl methyl sites for hydroxylation is 1. The molecule has 2 aromatic heterocycles. The number of benzene rings is 1. The van der Waals surface area contributed by atoms with Crippen molar-refractivity contribution in [1.29, 1.82) is 0 Å². The minimum absolute atomic E-state index is 0.492. The molecular formula is C22H24N4. The number of aromatic nitrogens is 3. The van der Waals surface area contributed by atoms with Gasteiger partial charge in [0.25, 0.3) is 0 Å². The van der Waals surface area contributed by atoms with Gasteiger partial charge in [-0.05, 0) is 50.6 Å². The molecule has 3 aromatic rings. The SMILES string of the molecule is Cc1ccccc1-c1cncc(C2CCN(Cc3ccccn3)CC2)n1. The molecule has 4 nitrogen and oxygen atoms in total. The van der Waals surface area contributed by atoms with E-state index in [-0.39, 0.29) is 0 Å². The van der Waals surface area contributed by atoms with E-state index in [2.05, 4.69) is 58.2 Å². The third kappa shape index (κ3) is 3.81. The molecule has 132 valence electrons. The van der Waals surface area contributed by atoms with Crippen LogP contribution in [0.1, 0.15) is 35.7 Å². The number of hydrogen-bond donors (Lipinski definition) is 0. The summed E-state index contributed by atoms with van der Waals surface area (Å²) in [4.78, 5) is 16.3. The normalized spacial score (nSPS) is 15.9. The van der Waals surface area contributed by atoms with E-state index in [1.54, 1.807) is 0 Å². The van der Waals surface area contributed by atoms with Crippen LogP contribution in [-0.4, -0.2) is 32.9 Å². The molecule has 1 aliphatic heterocycles. The van der Waals surface area contributed by atoms with Gasteiger partial charge in [-0.3, -0.25) is 14.9 Å². The van der Waals surface area contributed by atoms with E-state index in [1.165, 1.54) is 11.1 Å². The molecule has 26 heavy (non-hydrogen) atoms. The van der Waals surface area contributed by atoms with Gasteiger partial charge in [0.15, 0.2) is 0 Å². The Hall–Kier alpha value is -2.59. The van der Waals surface area contributed by atoms with E-state index in [0.29, 0.717) is 5.92 Å². The van der Waals surface area contributed by atoms with Crippen molar-refractivity contribution in [2.75, 3.05) is 13.1 Å². The summed E-state index contributed by atoms with van der Waals surface area (Å²) in [6.45, 7) is 5.22. The Bertz CT molecular complexity index is 855. The summed E-state index contributed by atoms with van der Waals surface area (Å²) in [6.07, 6.45) is 7.94. The first-order valence-electron chi connectivity index (χ1n) is 9.30. The Balaban J connectivity index is 1.43. The third-order valence-electron chi connectivity index (χ3n) is 5.19. The van der Waals surface area contributed by atoms with Crippen molar-refractivity contribution < 1.29 is 0 Å². The van der Waals surface area contributed by atoms with Gasteiger partial charge in [-0.1, -0.05) is 30.3 Å². The number of nitrogens with zero attached hydrogens (tertiary/aromatic N) is 4. The first-order chi connectivity index (χ1) is 12.8. The largest absolute Gasteiger partial charge is 0.297 e. The minimum atomic E-state index is 0.492. The number of piperidine rings is 1. The van der Waals surface area contributed by atoms with Crippen LogP contribution in [-0.2, 0) is 6.54 Å². The van der Waals surface area contributed by atoms with Crippen LogP contribution in [0, 0.1) is 6.92 Å². The van der Waals surface area contributed by atoms with E-state index < -0.39 is 0 Å². The predicted octanol–water partition coefficient (Wildman–Crippen LogP) is 4.23. The van der Waals surface area contributed by atoms with Crippen molar-refractivity contribution in [1.82, 2.24) is 19.9 Å². The zero-order chi connectivity index (χ0) is 17.8. The maximum atomic E-state index is 4.94. The molecule has 1 saturated heterocycles. The molecule has 1 fully saturated rings. The van der Waals surface area contributed by atoms with Crippen molar-refractivity contribution >= 4 is 0 Å². The standard InChI is InChI=1S/C22H24N4/c1-17-6-2-3-8-20(17)22-15-23-14-21(25-22)18-9-12-26(13-10-18)16-19-7-4-5-11-24-19/h2-8,11,14-15,18H,9-10,12-13,16H2,1H3.